The summed E-state index contributed by atoms with van der Waals surface area (Å²) in [6, 6.07) is 0. The Hall–Kier alpha value is -1.65. The minimum atomic E-state index is -0.867. The fraction of sp³-hybridized carbons (Fsp3) is 0.375. The van der Waals surface area contributed by atoms with Crippen LogP contribution in [0.1, 0.15) is 0 Å². The molecular formula is C8H10N2O3. The van der Waals surface area contributed by atoms with Gasteiger partial charge in [-0.3, -0.25) is 14.7 Å². The van der Waals surface area contributed by atoms with Crippen molar-refractivity contribution in [1.29, 1.82) is 0 Å². The monoisotopic (exact) mass is 182 g/mol. The van der Waals surface area contributed by atoms with Crippen LogP contribution in [0.25, 0.3) is 0 Å². The topological polar surface area (TPSA) is 59.0 Å². The molecule has 1 aliphatic heterocycles. The van der Waals surface area contributed by atoms with E-state index < -0.39 is 11.9 Å². The Morgan fingerprint density at radius 3 is 3.00 bits per heavy atom. The van der Waals surface area contributed by atoms with Gasteiger partial charge in [-0.05, 0) is 0 Å². The van der Waals surface area contributed by atoms with Gasteiger partial charge in [0, 0.05) is 6.54 Å². The summed E-state index contributed by atoms with van der Waals surface area (Å²) < 4.78 is 4.56. The van der Waals surface area contributed by atoms with Gasteiger partial charge in [-0.2, -0.15) is 0 Å². The van der Waals surface area contributed by atoms with Crippen LogP contribution in [0, 0.1) is 0 Å². The van der Waals surface area contributed by atoms with Crippen molar-refractivity contribution in [3.8, 4) is 0 Å². The van der Waals surface area contributed by atoms with Gasteiger partial charge >= 0.3 is 11.9 Å². The van der Waals surface area contributed by atoms with Gasteiger partial charge < -0.3 is 4.74 Å². The van der Waals surface area contributed by atoms with E-state index in [2.05, 4.69) is 16.3 Å². The van der Waals surface area contributed by atoms with Gasteiger partial charge in [0.2, 0.25) is 0 Å². The standard InChI is InChI=1S/C8H10N2O3/c1-2-5-13-8(12)7(11)10-4-3-9-6-10/h2,6H,1,3-5H2. The SMILES string of the molecule is C=CCOC(=O)C(=O)N1C=NCC1. The fourth-order valence-corrected chi connectivity index (χ4v) is 0.847. The zero-order valence-corrected chi connectivity index (χ0v) is 7.10. The van der Waals surface area contributed by atoms with Crippen LogP contribution in [0.3, 0.4) is 0 Å². The molecule has 0 spiro atoms. The third kappa shape index (κ3) is 2.40. The molecule has 0 bridgehead atoms. The summed E-state index contributed by atoms with van der Waals surface area (Å²) in [5.74, 6) is -1.55. The molecule has 0 N–H and O–H groups in total. The summed E-state index contributed by atoms with van der Waals surface area (Å²) in [5, 5.41) is 0. The Labute approximate surface area is 75.7 Å². The van der Waals surface area contributed by atoms with Crippen molar-refractivity contribution in [2.45, 2.75) is 0 Å². The average molecular weight is 182 g/mol. The number of amides is 1. The Bertz CT molecular complexity index is 260. The van der Waals surface area contributed by atoms with Crippen molar-refractivity contribution < 1.29 is 14.3 Å². The smallest absolute Gasteiger partial charge is 0.397 e. The summed E-state index contributed by atoms with van der Waals surface area (Å²) >= 11 is 0. The first-order chi connectivity index (χ1) is 6.25. The van der Waals surface area contributed by atoms with E-state index >= 15 is 0 Å². The molecule has 0 unspecified atom stereocenters. The predicted molar refractivity (Wildman–Crippen MR) is 46.2 cm³/mol. The van der Waals surface area contributed by atoms with Crippen molar-refractivity contribution in [2.75, 3.05) is 19.7 Å². The molecule has 0 atom stereocenters. The first kappa shape index (κ1) is 9.44. The summed E-state index contributed by atoms with van der Waals surface area (Å²) in [7, 11) is 0. The Morgan fingerprint density at radius 1 is 1.69 bits per heavy atom. The second-order valence-corrected chi connectivity index (χ2v) is 2.41. The molecule has 1 rings (SSSR count). The second kappa shape index (κ2) is 4.39. The predicted octanol–water partition coefficient (Wildman–Crippen LogP) is -0.414. The number of hydrogen-bond acceptors (Lipinski definition) is 4. The highest BCUT2D eigenvalue weighted by molar-refractivity contribution is 6.34. The molecule has 1 heterocycles. The van der Waals surface area contributed by atoms with Crippen molar-refractivity contribution in [3.05, 3.63) is 12.7 Å². The van der Waals surface area contributed by atoms with E-state index in [1.807, 2.05) is 0 Å². The van der Waals surface area contributed by atoms with Gasteiger partial charge in [-0.1, -0.05) is 12.7 Å². The molecule has 70 valence electrons. The van der Waals surface area contributed by atoms with E-state index in [-0.39, 0.29) is 6.61 Å². The summed E-state index contributed by atoms with van der Waals surface area (Å²) in [4.78, 5) is 27.2. The Balaban J connectivity index is 2.41. The van der Waals surface area contributed by atoms with Crippen LogP contribution in [0.5, 0.6) is 0 Å². The summed E-state index contributed by atoms with van der Waals surface area (Å²) in [6.45, 7) is 4.40. The molecule has 5 heteroatoms. The third-order valence-electron chi connectivity index (χ3n) is 1.46. The largest absolute Gasteiger partial charge is 0.454 e. The number of carbonyl (C=O) groups excluding carboxylic acids is 2. The van der Waals surface area contributed by atoms with Crippen LogP contribution in [0.15, 0.2) is 17.6 Å². The van der Waals surface area contributed by atoms with Crippen molar-refractivity contribution in [2.24, 2.45) is 4.99 Å². The zero-order valence-electron chi connectivity index (χ0n) is 7.10. The molecule has 1 aliphatic rings. The summed E-state index contributed by atoms with van der Waals surface area (Å²) in [6.07, 6.45) is 2.75. The van der Waals surface area contributed by atoms with Crippen LogP contribution in [0.4, 0.5) is 0 Å². The maximum atomic E-state index is 11.2. The molecule has 1 amide bonds. The molecule has 0 aromatic rings. The maximum absolute atomic E-state index is 11.2. The number of aliphatic imine (C=N–C) groups is 1. The molecule has 0 fully saturated rings. The van der Waals surface area contributed by atoms with Crippen LogP contribution < -0.4 is 0 Å². The first-order valence-corrected chi connectivity index (χ1v) is 3.84. The molecular weight excluding hydrogens is 172 g/mol. The first-order valence-electron chi connectivity index (χ1n) is 3.84. The third-order valence-corrected chi connectivity index (χ3v) is 1.46. The number of rotatable bonds is 2. The van der Waals surface area contributed by atoms with E-state index in [4.69, 9.17) is 0 Å². The number of hydrogen-bond donors (Lipinski definition) is 0. The van der Waals surface area contributed by atoms with Crippen LogP contribution in [-0.4, -0.2) is 42.8 Å². The van der Waals surface area contributed by atoms with Gasteiger partial charge in [-0.15, -0.1) is 0 Å². The van der Waals surface area contributed by atoms with Gasteiger partial charge in [0.25, 0.3) is 0 Å². The molecule has 0 aromatic carbocycles. The number of nitrogens with zero attached hydrogens (tertiary/aromatic N) is 2. The number of carbonyl (C=O) groups is 2. The van der Waals surface area contributed by atoms with Crippen molar-refractivity contribution in [1.82, 2.24) is 4.90 Å². The molecule has 0 aromatic heterocycles. The van der Waals surface area contributed by atoms with Crippen molar-refractivity contribution >= 4 is 18.2 Å². The van der Waals surface area contributed by atoms with Crippen LogP contribution >= 0.6 is 0 Å². The Morgan fingerprint density at radius 2 is 2.46 bits per heavy atom. The van der Waals surface area contributed by atoms with Gasteiger partial charge in [-0.25, -0.2) is 4.79 Å². The zero-order chi connectivity index (χ0) is 9.68. The highest BCUT2D eigenvalue weighted by Gasteiger charge is 2.23. The summed E-state index contributed by atoms with van der Waals surface area (Å²) in [5.41, 5.74) is 0. The van der Waals surface area contributed by atoms with E-state index in [9.17, 15) is 9.59 Å². The van der Waals surface area contributed by atoms with Gasteiger partial charge in [0.1, 0.15) is 6.61 Å². The maximum Gasteiger partial charge on any atom is 0.397 e. The van der Waals surface area contributed by atoms with E-state index in [1.54, 1.807) is 0 Å². The number of ether oxygens (including phenoxy) is 1. The molecule has 5 nitrogen and oxygen atoms in total. The lowest BCUT2D eigenvalue weighted by atomic mass is 10.5. The molecule has 0 saturated heterocycles. The number of esters is 1. The highest BCUT2D eigenvalue weighted by atomic mass is 16.5. The lowest BCUT2D eigenvalue weighted by Crippen LogP contribution is -2.35. The molecule has 0 radical (unpaired) electrons. The van der Waals surface area contributed by atoms with E-state index in [0.29, 0.717) is 13.1 Å². The van der Waals surface area contributed by atoms with Crippen molar-refractivity contribution in [3.63, 3.8) is 0 Å². The average Bonchev–Trinajstić information content (AvgIpc) is 2.65. The van der Waals surface area contributed by atoms with Crippen LogP contribution in [0.2, 0.25) is 0 Å². The van der Waals surface area contributed by atoms with E-state index in [1.165, 1.54) is 17.3 Å². The second-order valence-electron chi connectivity index (χ2n) is 2.41. The molecule has 0 aliphatic carbocycles. The van der Waals surface area contributed by atoms with E-state index in [0.717, 1.165) is 0 Å². The highest BCUT2D eigenvalue weighted by Crippen LogP contribution is 1.95. The molecule has 13 heavy (non-hydrogen) atoms. The molecule has 0 saturated carbocycles. The van der Waals surface area contributed by atoms with Gasteiger partial charge in [0.15, 0.2) is 0 Å². The Kier molecular flexibility index (Phi) is 3.19. The lowest BCUT2D eigenvalue weighted by Gasteiger charge is -2.09. The minimum absolute atomic E-state index is 0.0511. The minimum Gasteiger partial charge on any atom is -0.454 e. The fourth-order valence-electron chi connectivity index (χ4n) is 0.847. The normalized spacial score (nSPS) is 14.3. The lowest BCUT2D eigenvalue weighted by molar-refractivity contribution is -0.157. The van der Waals surface area contributed by atoms with Gasteiger partial charge in [0.05, 0.1) is 12.9 Å². The van der Waals surface area contributed by atoms with Crippen LogP contribution in [-0.2, 0) is 14.3 Å². The quantitative estimate of drug-likeness (QED) is 0.331.